The largest absolute Gasteiger partial charge is 0.350 e. The van der Waals surface area contributed by atoms with Gasteiger partial charge < -0.3 is 5.32 Å². The van der Waals surface area contributed by atoms with Crippen LogP contribution in [-0.4, -0.2) is 27.6 Å². The van der Waals surface area contributed by atoms with Gasteiger partial charge in [-0.1, -0.05) is 51.9 Å². The number of hydrogen-bond donors (Lipinski definition) is 2. The lowest BCUT2D eigenvalue weighted by Crippen LogP contribution is -2.25. The predicted molar refractivity (Wildman–Crippen MR) is 84.9 cm³/mol. The van der Waals surface area contributed by atoms with Gasteiger partial charge >= 0.3 is 5.69 Å². The third kappa shape index (κ3) is 5.83. The van der Waals surface area contributed by atoms with Crippen LogP contribution in [0.4, 0.5) is 5.69 Å². The van der Waals surface area contributed by atoms with Gasteiger partial charge in [0.05, 0.1) is 4.92 Å². The average Bonchev–Trinajstić information content (AvgIpc) is 2.87. The van der Waals surface area contributed by atoms with Crippen molar-refractivity contribution >= 4 is 11.6 Å². The number of nitrogens with zero attached hydrogens (tertiary/aromatic N) is 2. The molecule has 2 N–H and O–H groups in total. The van der Waals surface area contributed by atoms with E-state index < -0.39 is 10.8 Å². The molecule has 0 aliphatic rings. The van der Waals surface area contributed by atoms with E-state index >= 15 is 0 Å². The van der Waals surface area contributed by atoms with Crippen LogP contribution in [0.25, 0.3) is 0 Å². The summed E-state index contributed by atoms with van der Waals surface area (Å²) in [6.45, 7) is 4.26. The maximum atomic E-state index is 11.9. The molecule has 0 atom stereocenters. The van der Waals surface area contributed by atoms with Crippen LogP contribution in [0.5, 0.6) is 0 Å². The molecule has 0 bridgehead atoms. The third-order valence-corrected chi connectivity index (χ3v) is 3.63. The van der Waals surface area contributed by atoms with Gasteiger partial charge in [0, 0.05) is 6.54 Å². The van der Waals surface area contributed by atoms with Gasteiger partial charge in [0.2, 0.25) is 5.69 Å². The molecule has 0 fully saturated rings. The summed E-state index contributed by atoms with van der Waals surface area (Å²) in [5.41, 5.74) is -0.0854. The quantitative estimate of drug-likeness (QED) is 0.371. The average molecular weight is 310 g/mol. The molecule has 1 aromatic heterocycles. The molecule has 0 radical (unpaired) electrons. The van der Waals surface area contributed by atoms with Gasteiger partial charge in [-0.25, -0.2) is 0 Å². The zero-order valence-corrected chi connectivity index (χ0v) is 13.5. The normalized spacial score (nSPS) is 10.6. The van der Waals surface area contributed by atoms with E-state index in [1.807, 2.05) is 0 Å². The number of unbranched alkanes of at least 4 members (excludes halogenated alkanes) is 7. The Bertz CT molecular complexity index is 485. The minimum atomic E-state index is -0.579. The highest BCUT2D eigenvalue weighted by atomic mass is 16.6. The molecular formula is C15H26N4O3. The molecule has 0 spiro atoms. The van der Waals surface area contributed by atoms with E-state index in [1.165, 1.54) is 45.4 Å². The molecule has 1 rings (SSSR count). The summed E-state index contributed by atoms with van der Waals surface area (Å²) < 4.78 is 0. The molecule has 1 amide bonds. The van der Waals surface area contributed by atoms with Crippen molar-refractivity contribution in [2.75, 3.05) is 6.54 Å². The molecule has 7 heteroatoms. The van der Waals surface area contributed by atoms with E-state index in [0.29, 0.717) is 12.2 Å². The second-order valence-corrected chi connectivity index (χ2v) is 5.53. The van der Waals surface area contributed by atoms with Gasteiger partial charge in [-0.2, -0.15) is 5.10 Å². The van der Waals surface area contributed by atoms with Gasteiger partial charge in [-0.05, 0) is 13.3 Å². The molecule has 0 saturated heterocycles. The Morgan fingerprint density at radius 2 is 1.77 bits per heavy atom. The Balaban J connectivity index is 2.20. The summed E-state index contributed by atoms with van der Waals surface area (Å²) in [5.74, 6) is -0.487. The van der Waals surface area contributed by atoms with Gasteiger partial charge in [-0.15, -0.1) is 0 Å². The molecule has 22 heavy (non-hydrogen) atoms. The van der Waals surface area contributed by atoms with Crippen LogP contribution >= 0.6 is 0 Å². The van der Waals surface area contributed by atoms with Crippen molar-refractivity contribution < 1.29 is 9.72 Å². The summed E-state index contributed by atoms with van der Waals surface area (Å²) >= 11 is 0. The first-order chi connectivity index (χ1) is 10.6. The molecule has 0 saturated carbocycles. The molecule has 1 heterocycles. The Morgan fingerprint density at radius 1 is 1.18 bits per heavy atom. The fraction of sp³-hybridized carbons (Fsp3) is 0.733. The molecule has 1 aromatic rings. The minimum Gasteiger partial charge on any atom is -0.350 e. The number of aryl methyl sites for hydroxylation is 1. The van der Waals surface area contributed by atoms with E-state index in [2.05, 4.69) is 22.4 Å². The number of rotatable bonds is 11. The fourth-order valence-electron chi connectivity index (χ4n) is 2.35. The SMILES string of the molecule is CCCCCCCCCCNC(=O)c1n[nH]c(C)c1[N+](=O)[O-]. The molecule has 0 unspecified atom stereocenters. The van der Waals surface area contributed by atoms with Crippen molar-refractivity contribution in [1.82, 2.24) is 15.5 Å². The van der Waals surface area contributed by atoms with Crippen molar-refractivity contribution in [1.29, 1.82) is 0 Å². The molecule has 0 aliphatic carbocycles. The number of nitrogens with one attached hydrogen (secondary N) is 2. The number of hydrogen-bond acceptors (Lipinski definition) is 4. The van der Waals surface area contributed by atoms with E-state index in [1.54, 1.807) is 0 Å². The number of aromatic amines is 1. The zero-order valence-electron chi connectivity index (χ0n) is 13.5. The van der Waals surface area contributed by atoms with Crippen molar-refractivity contribution in [2.24, 2.45) is 0 Å². The number of carbonyl (C=O) groups excluding carboxylic acids is 1. The number of aromatic nitrogens is 2. The van der Waals surface area contributed by atoms with E-state index in [-0.39, 0.29) is 11.4 Å². The second kappa shape index (κ2) is 9.92. The molecule has 7 nitrogen and oxygen atoms in total. The summed E-state index contributed by atoms with van der Waals surface area (Å²) in [5, 5.41) is 19.8. The summed E-state index contributed by atoms with van der Waals surface area (Å²) in [6, 6.07) is 0. The number of nitro groups is 1. The van der Waals surface area contributed by atoms with Crippen molar-refractivity contribution in [3.05, 3.63) is 21.5 Å². The topological polar surface area (TPSA) is 101 Å². The monoisotopic (exact) mass is 310 g/mol. The summed E-state index contributed by atoms with van der Waals surface area (Å²) in [4.78, 5) is 22.2. The lowest BCUT2D eigenvalue weighted by molar-refractivity contribution is -0.385. The Hall–Kier alpha value is -1.92. The first-order valence-electron chi connectivity index (χ1n) is 8.05. The van der Waals surface area contributed by atoms with Gasteiger partial charge in [0.25, 0.3) is 5.91 Å². The highest BCUT2D eigenvalue weighted by Crippen LogP contribution is 2.19. The van der Waals surface area contributed by atoms with Crippen LogP contribution in [-0.2, 0) is 0 Å². The van der Waals surface area contributed by atoms with E-state index in [9.17, 15) is 14.9 Å². The molecule has 124 valence electrons. The fourth-order valence-corrected chi connectivity index (χ4v) is 2.35. The number of amides is 1. The van der Waals surface area contributed by atoms with Crippen LogP contribution in [0, 0.1) is 17.0 Å². The lowest BCUT2D eigenvalue weighted by atomic mass is 10.1. The highest BCUT2D eigenvalue weighted by Gasteiger charge is 2.26. The first kappa shape index (κ1) is 18.1. The lowest BCUT2D eigenvalue weighted by Gasteiger charge is -2.03. The summed E-state index contributed by atoms with van der Waals surface area (Å²) in [6.07, 6.45) is 9.49. The van der Waals surface area contributed by atoms with Crippen LogP contribution in [0.15, 0.2) is 0 Å². The standard InChI is InChI=1S/C15H26N4O3/c1-3-4-5-6-7-8-9-10-11-16-15(20)13-14(19(21)22)12(2)17-18-13/h3-11H2,1-2H3,(H,16,20)(H,17,18). The first-order valence-corrected chi connectivity index (χ1v) is 8.05. The van der Waals surface area contributed by atoms with Crippen LogP contribution < -0.4 is 5.32 Å². The third-order valence-electron chi connectivity index (χ3n) is 3.63. The minimum absolute atomic E-state index is 0.137. The molecule has 0 aliphatic heterocycles. The van der Waals surface area contributed by atoms with Crippen LogP contribution in [0.2, 0.25) is 0 Å². The number of carbonyl (C=O) groups is 1. The van der Waals surface area contributed by atoms with Gasteiger partial charge in [0.1, 0.15) is 5.69 Å². The molecular weight excluding hydrogens is 284 g/mol. The Labute approximate surface area is 131 Å². The van der Waals surface area contributed by atoms with Crippen molar-refractivity contribution in [3.8, 4) is 0 Å². The smallest absolute Gasteiger partial charge is 0.322 e. The van der Waals surface area contributed by atoms with Crippen molar-refractivity contribution in [2.45, 2.75) is 65.2 Å². The van der Waals surface area contributed by atoms with Crippen molar-refractivity contribution in [3.63, 3.8) is 0 Å². The van der Waals surface area contributed by atoms with Gasteiger partial charge in [-0.3, -0.25) is 20.0 Å². The Kier molecular flexibility index (Phi) is 8.17. The Morgan fingerprint density at radius 3 is 2.36 bits per heavy atom. The second-order valence-electron chi connectivity index (χ2n) is 5.53. The maximum Gasteiger partial charge on any atom is 0.322 e. The van der Waals surface area contributed by atoms with E-state index in [0.717, 1.165) is 12.8 Å². The molecule has 0 aromatic carbocycles. The number of H-pyrrole nitrogens is 1. The predicted octanol–water partition coefficient (Wildman–Crippen LogP) is 3.50. The van der Waals surface area contributed by atoms with Crippen LogP contribution in [0.1, 0.15) is 74.5 Å². The zero-order chi connectivity index (χ0) is 16.4. The maximum absolute atomic E-state index is 11.9. The van der Waals surface area contributed by atoms with E-state index in [4.69, 9.17) is 0 Å². The van der Waals surface area contributed by atoms with Crippen LogP contribution in [0.3, 0.4) is 0 Å². The summed E-state index contributed by atoms with van der Waals surface area (Å²) in [7, 11) is 0. The highest BCUT2D eigenvalue weighted by molar-refractivity contribution is 5.96. The van der Waals surface area contributed by atoms with Gasteiger partial charge in [0.15, 0.2) is 0 Å².